The van der Waals surface area contributed by atoms with Crippen LogP contribution in [0.1, 0.15) is 30.9 Å². The van der Waals surface area contributed by atoms with E-state index in [-0.39, 0.29) is 6.61 Å². The number of halogens is 1. The number of rotatable bonds is 6. The van der Waals surface area contributed by atoms with Crippen LogP contribution in [-0.4, -0.2) is 18.5 Å². The Hall–Kier alpha value is -2.40. The van der Waals surface area contributed by atoms with Gasteiger partial charge in [0.1, 0.15) is 0 Å². The van der Waals surface area contributed by atoms with Gasteiger partial charge in [-0.1, -0.05) is 50.2 Å². The lowest BCUT2D eigenvalue weighted by atomic mass is 10.0. The van der Waals surface area contributed by atoms with Gasteiger partial charge in [0.25, 0.3) is 5.91 Å². The molecule has 2 aromatic carbocycles. The smallest absolute Gasteiger partial charge is 0.331 e. The largest absolute Gasteiger partial charge is 0.452 e. The van der Waals surface area contributed by atoms with Gasteiger partial charge in [-0.25, -0.2) is 4.79 Å². The Morgan fingerprint density at radius 2 is 1.80 bits per heavy atom. The molecule has 0 aliphatic carbocycles. The molecule has 130 valence electrons. The molecule has 0 aromatic heterocycles. The van der Waals surface area contributed by atoms with Crippen molar-refractivity contribution in [3.05, 3.63) is 70.2 Å². The number of amides is 1. The average molecular weight is 402 g/mol. The molecule has 25 heavy (non-hydrogen) atoms. The summed E-state index contributed by atoms with van der Waals surface area (Å²) in [6.45, 7) is 3.92. The molecule has 2 rings (SSSR count). The Labute approximate surface area is 156 Å². The number of carbonyl (C=O) groups is 2. The fourth-order valence-electron chi connectivity index (χ4n) is 2.09. The Balaban J connectivity index is 1.81. The molecule has 0 unspecified atom stereocenters. The van der Waals surface area contributed by atoms with E-state index >= 15 is 0 Å². The van der Waals surface area contributed by atoms with Crippen molar-refractivity contribution < 1.29 is 14.3 Å². The van der Waals surface area contributed by atoms with Gasteiger partial charge in [0, 0.05) is 10.5 Å². The van der Waals surface area contributed by atoms with Crippen LogP contribution < -0.4 is 5.32 Å². The molecule has 0 saturated heterocycles. The zero-order chi connectivity index (χ0) is 18.2. The molecule has 0 saturated carbocycles. The highest BCUT2D eigenvalue weighted by atomic mass is 79.9. The van der Waals surface area contributed by atoms with E-state index in [1.807, 2.05) is 36.4 Å². The first-order chi connectivity index (χ1) is 12.0. The van der Waals surface area contributed by atoms with E-state index in [9.17, 15) is 9.59 Å². The number of esters is 1. The minimum Gasteiger partial charge on any atom is -0.452 e. The first-order valence-corrected chi connectivity index (χ1v) is 8.74. The van der Waals surface area contributed by atoms with E-state index in [2.05, 4.69) is 35.1 Å². The molecule has 5 heteroatoms. The van der Waals surface area contributed by atoms with E-state index in [0.717, 1.165) is 10.0 Å². The SMILES string of the molecule is CC(C)c1ccc(/C=C/C(=O)OCC(=O)Nc2ccccc2Br)cc1. The van der Waals surface area contributed by atoms with E-state index in [1.165, 1.54) is 11.6 Å². The fourth-order valence-corrected chi connectivity index (χ4v) is 2.47. The third-order valence-corrected chi connectivity index (χ3v) is 4.20. The Kier molecular flexibility index (Phi) is 6.95. The fraction of sp³-hybridized carbons (Fsp3) is 0.200. The summed E-state index contributed by atoms with van der Waals surface area (Å²) in [5.74, 6) is -0.490. The summed E-state index contributed by atoms with van der Waals surface area (Å²) in [4.78, 5) is 23.5. The molecule has 0 aliphatic heterocycles. The quantitative estimate of drug-likeness (QED) is 0.560. The molecular weight excluding hydrogens is 382 g/mol. The number of hydrogen-bond donors (Lipinski definition) is 1. The average Bonchev–Trinajstić information content (AvgIpc) is 2.60. The van der Waals surface area contributed by atoms with Crippen molar-refractivity contribution in [1.82, 2.24) is 0 Å². The maximum absolute atomic E-state index is 11.8. The van der Waals surface area contributed by atoms with Crippen LogP contribution in [0.3, 0.4) is 0 Å². The van der Waals surface area contributed by atoms with E-state index < -0.39 is 11.9 Å². The van der Waals surface area contributed by atoms with Gasteiger partial charge in [-0.2, -0.15) is 0 Å². The Morgan fingerprint density at radius 3 is 2.44 bits per heavy atom. The maximum Gasteiger partial charge on any atom is 0.331 e. The van der Waals surface area contributed by atoms with Crippen LogP contribution in [0.25, 0.3) is 6.08 Å². The predicted octanol–water partition coefficient (Wildman–Crippen LogP) is 4.77. The third kappa shape index (κ3) is 6.19. The molecule has 0 heterocycles. The number of ether oxygens (including phenoxy) is 1. The lowest BCUT2D eigenvalue weighted by Crippen LogP contribution is -2.20. The third-order valence-electron chi connectivity index (χ3n) is 3.51. The van der Waals surface area contributed by atoms with E-state index in [4.69, 9.17) is 4.74 Å². The first-order valence-electron chi connectivity index (χ1n) is 7.95. The maximum atomic E-state index is 11.8. The summed E-state index contributed by atoms with van der Waals surface area (Å²) in [6.07, 6.45) is 2.98. The second kappa shape index (κ2) is 9.18. The van der Waals surface area contributed by atoms with Crippen LogP contribution in [0, 0.1) is 0 Å². The van der Waals surface area contributed by atoms with Crippen molar-refractivity contribution >= 4 is 39.6 Å². The lowest BCUT2D eigenvalue weighted by Gasteiger charge is -2.07. The zero-order valence-corrected chi connectivity index (χ0v) is 15.7. The van der Waals surface area contributed by atoms with Crippen LogP contribution in [0.5, 0.6) is 0 Å². The molecule has 0 fully saturated rings. The van der Waals surface area contributed by atoms with Gasteiger partial charge in [-0.05, 0) is 51.2 Å². The molecular formula is C20H20BrNO3. The van der Waals surface area contributed by atoms with Crippen LogP contribution in [0.15, 0.2) is 59.1 Å². The second-order valence-electron chi connectivity index (χ2n) is 5.79. The molecule has 0 bridgehead atoms. The van der Waals surface area contributed by atoms with Gasteiger partial charge in [0.2, 0.25) is 0 Å². The molecule has 4 nitrogen and oxygen atoms in total. The van der Waals surface area contributed by atoms with Crippen molar-refractivity contribution in [2.24, 2.45) is 0 Å². The standard InChI is InChI=1S/C20H20BrNO3/c1-14(2)16-10-7-15(8-11-16)9-12-20(24)25-13-19(23)22-18-6-4-3-5-17(18)21/h3-12,14H,13H2,1-2H3,(H,22,23)/b12-9+. The van der Waals surface area contributed by atoms with Crippen LogP contribution in [-0.2, 0) is 14.3 Å². The summed E-state index contributed by atoms with van der Waals surface area (Å²) in [7, 11) is 0. The van der Waals surface area contributed by atoms with Crippen LogP contribution in [0.4, 0.5) is 5.69 Å². The van der Waals surface area contributed by atoms with Gasteiger partial charge in [-0.15, -0.1) is 0 Å². The van der Waals surface area contributed by atoms with Crippen molar-refractivity contribution in [2.45, 2.75) is 19.8 Å². The topological polar surface area (TPSA) is 55.4 Å². The summed E-state index contributed by atoms with van der Waals surface area (Å²) < 4.78 is 5.71. The molecule has 0 aliphatic rings. The highest BCUT2D eigenvalue weighted by Gasteiger charge is 2.07. The summed E-state index contributed by atoms with van der Waals surface area (Å²) in [6, 6.07) is 15.2. The van der Waals surface area contributed by atoms with Gasteiger partial charge >= 0.3 is 5.97 Å². The van der Waals surface area contributed by atoms with E-state index in [0.29, 0.717) is 11.6 Å². The molecule has 2 aromatic rings. The van der Waals surface area contributed by atoms with Gasteiger partial charge in [0.15, 0.2) is 6.61 Å². The number of nitrogens with one attached hydrogen (secondary N) is 1. The summed E-state index contributed by atoms with van der Waals surface area (Å²) in [5, 5.41) is 2.67. The minimum absolute atomic E-state index is 0.337. The minimum atomic E-state index is -0.560. The summed E-state index contributed by atoms with van der Waals surface area (Å²) >= 11 is 3.34. The number of anilines is 1. The lowest BCUT2D eigenvalue weighted by molar-refractivity contribution is -0.142. The monoisotopic (exact) mass is 401 g/mol. The molecule has 1 N–H and O–H groups in total. The first kappa shape index (κ1) is 18.9. The Bertz CT molecular complexity index is 767. The van der Waals surface area contributed by atoms with Crippen molar-refractivity contribution in [3.8, 4) is 0 Å². The normalized spacial score (nSPS) is 10.9. The van der Waals surface area contributed by atoms with Gasteiger partial charge < -0.3 is 10.1 Å². The van der Waals surface area contributed by atoms with Crippen molar-refractivity contribution in [2.75, 3.05) is 11.9 Å². The van der Waals surface area contributed by atoms with Crippen LogP contribution >= 0.6 is 15.9 Å². The zero-order valence-electron chi connectivity index (χ0n) is 14.2. The van der Waals surface area contributed by atoms with Gasteiger partial charge in [-0.3, -0.25) is 4.79 Å². The highest BCUT2D eigenvalue weighted by Crippen LogP contribution is 2.21. The predicted molar refractivity (Wildman–Crippen MR) is 103 cm³/mol. The molecule has 0 spiro atoms. The number of benzene rings is 2. The number of para-hydroxylation sites is 1. The van der Waals surface area contributed by atoms with Crippen molar-refractivity contribution in [1.29, 1.82) is 0 Å². The summed E-state index contributed by atoms with van der Waals surface area (Å²) in [5.41, 5.74) is 2.77. The molecule has 0 atom stereocenters. The van der Waals surface area contributed by atoms with Crippen LogP contribution in [0.2, 0.25) is 0 Å². The second-order valence-corrected chi connectivity index (χ2v) is 6.64. The van der Waals surface area contributed by atoms with Crippen molar-refractivity contribution in [3.63, 3.8) is 0 Å². The number of hydrogen-bond acceptors (Lipinski definition) is 3. The highest BCUT2D eigenvalue weighted by molar-refractivity contribution is 9.10. The van der Waals surface area contributed by atoms with Gasteiger partial charge in [0.05, 0.1) is 5.69 Å². The molecule has 1 amide bonds. The molecule has 0 radical (unpaired) electrons. The number of carbonyl (C=O) groups excluding carboxylic acids is 2. The Morgan fingerprint density at radius 1 is 1.12 bits per heavy atom. The van der Waals surface area contributed by atoms with E-state index in [1.54, 1.807) is 18.2 Å².